The van der Waals surface area contributed by atoms with Gasteiger partial charge in [0.2, 0.25) is 0 Å². The van der Waals surface area contributed by atoms with Crippen LogP contribution in [0.2, 0.25) is 0 Å². The highest BCUT2D eigenvalue weighted by Gasteiger charge is 2.34. The summed E-state index contributed by atoms with van der Waals surface area (Å²) in [7, 11) is 0. The lowest BCUT2D eigenvalue weighted by atomic mass is 9.79. The summed E-state index contributed by atoms with van der Waals surface area (Å²) in [4.78, 5) is 13.1. The van der Waals surface area contributed by atoms with E-state index in [4.69, 9.17) is 0 Å². The monoisotopic (exact) mass is 215 g/mol. The number of benzene rings is 1. The average Bonchev–Trinajstić information content (AvgIpc) is 2.27. The highest BCUT2D eigenvalue weighted by atomic mass is 16.1. The molecule has 0 spiro atoms. The number of fused-ring (bicyclic) bond motifs is 1. The van der Waals surface area contributed by atoms with Crippen molar-refractivity contribution in [1.29, 1.82) is 0 Å². The van der Waals surface area contributed by atoms with Crippen molar-refractivity contribution in [3.8, 4) is 0 Å². The fraction of sp³-hybridized carbons (Fsp3) is 0.500. The Hall–Kier alpha value is -1.15. The largest absolute Gasteiger partial charge is 0.303 e. The van der Waals surface area contributed by atoms with Gasteiger partial charge in [0.1, 0.15) is 6.29 Å². The Kier molecular flexibility index (Phi) is 2.52. The van der Waals surface area contributed by atoms with E-state index in [0.717, 1.165) is 32.2 Å². The van der Waals surface area contributed by atoms with Crippen molar-refractivity contribution in [2.24, 2.45) is 5.92 Å². The van der Waals surface area contributed by atoms with Gasteiger partial charge in [0.15, 0.2) is 0 Å². The third-order valence-corrected chi connectivity index (χ3v) is 4.02. The van der Waals surface area contributed by atoms with E-state index in [2.05, 4.69) is 29.2 Å². The van der Waals surface area contributed by atoms with Gasteiger partial charge in [-0.25, -0.2) is 0 Å². The van der Waals surface area contributed by atoms with E-state index in [9.17, 15) is 4.79 Å². The van der Waals surface area contributed by atoms with Crippen LogP contribution >= 0.6 is 0 Å². The van der Waals surface area contributed by atoms with Crippen molar-refractivity contribution in [2.45, 2.75) is 31.8 Å². The van der Waals surface area contributed by atoms with Gasteiger partial charge < -0.3 is 4.79 Å². The Morgan fingerprint density at radius 2 is 1.94 bits per heavy atom. The van der Waals surface area contributed by atoms with Crippen LogP contribution in [-0.4, -0.2) is 23.8 Å². The molecule has 0 unspecified atom stereocenters. The lowest BCUT2D eigenvalue weighted by Crippen LogP contribution is -2.47. The van der Waals surface area contributed by atoms with E-state index in [1.54, 1.807) is 0 Å². The topological polar surface area (TPSA) is 20.3 Å². The molecular weight excluding hydrogens is 198 g/mol. The molecule has 1 aliphatic heterocycles. The summed E-state index contributed by atoms with van der Waals surface area (Å²) in [6.45, 7) is 2.24. The van der Waals surface area contributed by atoms with Crippen LogP contribution in [0.5, 0.6) is 0 Å². The van der Waals surface area contributed by atoms with Crippen LogP contribution < -0.4 is 0 Å². The molecule has 0 N–H and O–H groups in total. The summed E-state index contributed by atoms with van der Waals surface area (Å²) in [5, 5.41) is 0. The molecular formula is C14H17NO. The highest BCUT2D eigenvalue weighted by molar-refractivity contribution is 5.55. The van der Waals surface area contributed by atoms with E-state index in [0.29, 0.717) is 12.0 Å². The molecule has 0 radical (unpaired) electrons. The molecule has 2 heteroatoms. The lowest BCUT2D eigenvalue weighted by molar-refractivity contribution is -0.115. The predicted molar refractivity (Wildman–Crippen MR) is 63.1 cm³/mol. The van der Waals surface area contributed by atoms with Gasteiger partial charge in [-0.3, -0.25) is 4.90 Å². The molecule has 2 nitrogen and oxygen atoms in total. The van der Waals surface area contributed by atoms with Crippen LogP contribution in [0.3, 0.4) is 0 Å². The molecule has 0 amide bonds. The van der Waals surface area contributed by atoms with Gasteiger partial charge in [0, 0.05) is 25.0 Å². The molecule has 0 atom stereocenters. The predicted octanol–water partition coefficient (Wildman–Crippen LogP) is 2.02. The van der Waals surface area contributed by atoms with Crippen molar-refractivity contribution < 1.29 is 4.79 Å². The van der Waals surface area contributed by atoms with Gasteiger partial charge >= 0.3 is 0 Å². The molecule has 1 aliphatic carbocycles. The first-order chi connectivity index (χ1) is 7.86. The smallest absolute Gasteiger partial charge is 0.123 e. The Morgan fingerprint density at radius 3 is 2.69 bits per heavy atom. The lowest BCUT2D eigenvalue weighted by Gasteiger charge is -2.43. The molecule has 0 saturated heterocycles. The van der Waals surface area contributed by atoms with Gasteiger partial charge in [-0.1, -0.05) is 24.3 Å². The third-order valence-electron chi connectivity index (χ3n) is 4.02. The zero-order valence-electron chi connectivity index (χ0n) is 9.43. The number of carbonyl (C=O) groups is 1. The van der Waals surface area contributed by atoms with Crippen LogP contribution in [0.15, 0.2) is 24.3 Å². The van der Waals surface area contributed by atoms with Crippen molar-refractivity contribution in [3.63, 3.8) is 0 Å². The van der Waals surface area contributed by atoms with E-state index in [1.807, 2.05) is 0 Å². The highest BCUT2D eigenvalue weighted by Crippen LogP contribution is 2.33. The molecule has 3 rings (SSSR count). The molecule has 1 heterocycles. The van der Waals surface area contributed by atoms with Crippen molar-refractivity contribution >= 4 is 6.29 Å². The van der Waals surface area contributed by atoms with Crippen LogP contribution in [-0.2, 0) is 17.8 Å². The normalized spacial score (nSPS) is 29.2. The van der Waals surface area contributed by atoms with Crippen LogP contribution in [0.4, 0.5) is 0 Å². The summed E-state index contributed by atoms with van der Waals surface area (Å²) < 4.78 is 0. The fourth-order valence-corrected chi connectivity index (χ4v) is 2.87. The maximum Gasteiger partial charge on any atom is 0.123 e. The second-order valence-corrected chi connectivity index (χ2v) is 5.01. The minimum absolute atomic E-state index is 0.335. The SMILES string of the molecule is O=CC1CC(N2CCc3ccccc3C2)C1. The third kappa shape index (κ3) is 1.67. The van der Waals surface area contributed by atoms with Crippen molar-refractivity contribution in [2.75, 3.05) is 6.54 Å². The summed E-state index contributed by atoms with van der Waals surface area (Å²) in [6.07, 6.45) is 4.43. The molecule has 2 aliphatic rings. The molecule has 1 aromatic rings. The number of carbonyl (C=O) groups excluding carboxylic acids is 1. The standard InChI is InChI=1S/C14H17NO/c16-10-11-7-14(8-11)15-6-5-12-3-1-2-4-13(12)9-15/h1-4,10-11,14H,5-9H2. The number of hydrogen-bond donors (Lipinski definition) is 0. The number of aldehydes is 1. The van der Waals surface area contributed by atoms with Gasteiger partial charge in [0.25, 0.3) is 0 Å². The van der Waals surface area contributed by atoms with E-state index < -0.39 is 0 Å². The van der Waals surface area contributed by atoms with Gasteiger partial charge in [-0.2, -0.15) is 0 Å². The second-order valence-electron chi connectivity index (χ2n) is 5.01. The van der Waals surface area contributed by atoms with Crippen molar-refractivity contribution in [3.05, 3.63) is 35.4 Å². The van der Waals surface area contributed by atoms with Crippen LogP contribution in [0, 0.1) is 5.92 Å². The van der Waals surface area contributed by atoms with Gasteiger partial charge in [0.05, 0.1) is 0 Å². The van der Waals surface area contributed by atoms with Crippen LogP contribution in [0.25, 0.3) is 0 Å². The van der Waals surface area contributed by atoms with Crippen LogP contribution in [0.1, 0.15) is 24.0 Å². The number of rotatable bonds is 2. The Bertz CT molecular complexity index is 395. The quantitative estimate of drug-likeness (QED) is 0.703. The average molecular weight is 215 g/mol. The Balaban J connectivity index is 1.67. The maximum atomic E-state index is 10.6. The number of nitrogens with zero attached hydrogens (tertiary/aromatic N) is 1. The summed E-state index contributed by atoms with van der Waals surface area (Å²) in [5.41, 5.74) is 2.98. The van der Waals surface area contributed by atoms with E-state index >= 15 is 0 Å². The molecule has 1 aromatic carbocycles. The minimum atomic E-state index is 0.335. The van der Waals surface area contributed by atoms with Gasteiger partial charge in [-0.05, 0) is 30.4 Å². The van der Waals surface area contributed by atoms with Crippen molar-refractivity contribution in [1.82, 2.24) is 4.90 Å². The molecule has 84 valence electrons. The zero-order valence-corrected chi connectivity index (χ0v) is 9.43. The first-order valence-corrected chi connectivity index (χ1v) is 6.13. The number of hydrogen-bond acceptors (Lipinski definition) is 2. The first kappa shape index (κ1) is 10.0. The molecule has 0 bridgehead atoms. The van der Waals surface area contributed by atoms with Gasteiger partial charge in [-0.15, -0.1) is 0 Å². The maximum absolute atomic E-state index is 10.6. The Morgan fingerprint density at radius 1 is 1.19 bits per heavy atom. The molecule has 16 heavy (non-hydrogen) atoms. The van der Waals surface area contributed by atoms with E-state index in [1.165, 1.54) is 17.5 Å². The molecule has 1 saturated carbocycles. The second kappa shape index (κ2) is 4.02. The summed E-state index contributed by atoms with van der Waals surface area (Å²) in [6, 6.07) is 9.37. The Labute approximate surface area is 96.3 Å². The molecule has 0 aromatic heterocycles. The van der Waals surface area contributed by atoms with E-state index in [-0.39, 0.29) is 0 Å². The molecule has 1 fully saturated rings. The fourth-order valence-electron chi connectivity index (χ4n) is 2.87. The zero-order chi connectivity index (χ0) is 11.0. The minimum Gasteiger partial charge on any atom is -0.303 e. The first-order valence-electron chi connectivity index (χ1n) is 6.13. The summed E-state index contributed by atoms with van der Waals surface area (Å²) >= 11 is 0. The summed E-state index contributed by atoms with van der Waals surface area (Å²) in [5.74, 6) is 0.335.